The zero-order chi connectivity index (χ0) is 14.6. The zero-order valence-electron chi connectivity index (χ0n) is 12.7. The van der Waals surface area contributed by atoms with E-state index >= 15 is 0 Å². The zero-order valence-corrected chi connectivity index (χ0v) is 12.7. The average Bonchev–Trinajstić information content (AvgIpc) is 2.46. The van der Waals surface area contributed by atoms with Gasteiger partial charge >= 0.3 is 5.97 Å². The minimum atomic E-state index is -0.525. The molecule has 0 N–H and O–H groups in total. The van der Waals surface area contributed by atoms with Gasteiger partial charge in [0.2, 0.25) is 0 Å². The van der Waals surface area contributed by atoms with Gasteiger partial charge in [-0.1, -0.05) is 37.8 Å². The quantitative estimate of drug-likeness (QED) is 0.410. The molecule has 1 rings (SSSR count). The predicted molar refractivity (Wildman–Crippen MR) is 80.4 cm³/mol. The van der Waals surface area contributed by atoms with Gasteiger partial charge in [0.25, 0.3) is 0 Å². The molecule has 0 fully saturated rings. The van der Waals surface area contributed by atoms with Gasteiger partial charge in [0.1, 0.15) is 11.7 Å². The molecule has 0 aromatic rings. The highest BCUT2D eigenvalue weighted by molar-refractivity contribution is 5.98. The van der Waals surface area contributed by atoms with Crippen molar-refractivity contribution in [3.63, 3.8) is 0 Å². The summed E-state index contributed by atoms with van der Waals surface area (Å²) in [5.74, 6) is -0.800. The molecule has 0 aliphatic heterocycles. The van der Waals surface area contributed by atoms with Gasteiger partial charge in [-0.15, -0.1) is 0 Å². The van der Waals surface area contributed by atoms with E-state index in [0.29, 0.717) is 12.8 Å². The van der Waals surface area contributed by atoms with Crippen LogP contribution < -0.4 is 0 Å². The molecule has 114 valence electrons. The Balaban J connectivity index is 2.50. The van der Waals surface area contributed by atoms with Crippen molar-refractivity contribution in [1.29, 1.82) is 0 Å². The van der Waals surface area contributed by atoms with E-state index < -0.39 is 5.92 Å². The van der Waals surface area contributed by atoms with Crippen molar-refractivity contribution >= 4 is 11.8 Å². The van der Waals surface area contributed by atoms with E-state index in [1.807, 2.05) is 0 Å². The molecule has 1 atom stereocenters. The van der Waals surface area contributed by atoms with E-state index in [2.05, 4.69) is 12.2 Å². The van der Waals surface area contributed by atoms with Crippen molar-refractivity contribution in [3.05, 3.63) is 12.2 Å². The highest BCUT2D eigenvalue weighted by Gasteiger charge is 2.26. The Morgan fingerprint density at radius 1 is 1.00 bits per heavy atom. The van der Waals surface area contributed by atoms with Crippen LogP contribution in [0.15, 0.2) is 12.2 Å². The molecule has 0 amide bonds. The van der Waals surface area contributed by atoms with Gasteiger partial charge in [0.15, 0.2) is 0 Å². The maximum absolute atomic E-state index is 12.1. The van der Waals surface area contributed by atoms with Crippen molar-refractivity contribution in [3.8, 4) is 0 Å². The topological polar surface area (TPSA) is 43.4 Å². The van der Waals surface area contributed by atoms with E-state index in [1.165, 1.54) is 20.0 Å². The van der Waals surface area contributed by atoms with Crippen LogP contribution in [-0.2, 0) is 14.3 Å². The number of carbonyl (C=O) groups is 2. The highest BCUT2D eigenvalue weighted by atomic mass is 16.5. The average molecular weight is 280 g/mol. The van der Waals surface area contributed by atoms with Crippen LogP contribution >= 0.6 is 0 Å². The number of ether oxygens (including phenoxy) is 1. The number of hydrogen-bond donors (Lipinski definition) is 0. The first kappa shape index (κ1) is 16.9. The molecule has 0 spiro atoms. The molecule has 0 bridgehead atoms. The molecule has 0 aromatic heterocycles. The number of rotatable bonds is 1. The van der Waals surface area contributed by atoms with Crippen molar-refractivity contribution in [2.45, 2.75) is 70.6 Å². The molecule has 0 saturated carbocycles. The first-order valence-electron chi connectivity index (χ1n) is 8.01. The first-order chi connectivity index (χ1) is 9.75. The Morgan fingerprint density at radius 3 is 2.25 bits per heavy atom. The van der Waals surface area contributed by atoms with E-state index in [9.17, 15) is 9.59 Å². The highest BCUT2D eigenvalue weighted by Crippen LogP contribution is 2.18. The number of carbonyl (C=O) groups excluding carboxylic acids is 2. The van der Waals surface area contributed by atoms with Gasteiger partial charge in [-0.05, 0) is 38.5 Å². The van der Waals surface area contributed by atoms with Crippen LogP contribution in [0.25, 0.3) is 0 Å². The van der Waals surface area contributed by atoms with Gasteiger partial charge in [-0.3, -0.25) is 9.59 Å². The monoisotopic (exact) mass is 280 g/mol. The maximum atomic E-state index is 12.1. The van der Waals surface area contributed by atoms with Crippen LogP contribution in [0.4, 0.5) is 0 Å². The SMILES string of the molecule is COC(=O)C1CCCCCC/C=C\CCCCCC1=O. The Hall–Kier alpha value is -1.12. The number of Topliss-reactive ketones (excluding diaryl/α,β-unsaturated/α-hetero) is 1. The maximum Gasteiger partial charge on any atom is 0.316 e. The summed E-state index contributed by atoms with van der Waals surface area (Å²) in [6.45, 7) is 0. The van der Waals surface area contributed by atoms with Crippen molar-refractivity contribution in [2.24, 2.45) is 5.92 Å². The largest absolute Gasteiger partial charge is 0.468 e. The smallest absolute Gasteiger partial charge is 0.316 e. The van der Waals surface area contributed by atoms with Crippen LogP contribution in [0.3, 0.4) is 0 Å². The molecule has 0 heterocycles. The minimum Gasteiger partial charge on any atom is -0.468 e. The third kappa shape index (κ3) is 6.88. The fourth-order valence-corrected chi connectivity index (χ4v) is 2.66. The number of hydrogen-bond acceptors (Lipinski definition) is 3. The van der Waals surface area contributed by atoms with E-state index in [4.69, 9.17) is 4.74 Å². The summed E-state index contributed by atoms with van der Waals surface area (Å²) in [5, 5.41) is 0. The fourth-order valence-electron chi connectivity index (χ4n) is 2.66. The van der Waals surface area contributed by atoms with Crippen LogP contribution in [-0.4, -0.2) is 18.9 Å². The summed E-state index contributed by atoms with van der Waals surface area (Å²) in [4.78, 5) is 23.9. The van der Waals surface area contributed by atoms with Crippen molar-refractivity contribution in [2.75, 3.05) is 7.11 Å². The molecule has 3 heteroatoms. The summed E-state index contributed by atoms with van der Waals surface area (Å²) in [5.41, 5.74) is 0. The Kier molecular flexibility index (Phi) is 9.01. The number of ketones is 1. The molecular formula is C17H28O3. The third-order valence-electron chi connectivity index (χ3n) is 3.95. The molecule has 0 aromatic carbocycles. The van der Waals surface area contributed by atoms with Crippen molar-refractivity contribution in [1.82, 2.24) is 0 Å². The fraction of sp³-hybridized carbons (Fsp3) is 0.765. The van der Waals surface area contributed by atoms with Crippen LogP contribution in [0.1, 0.15) is 70.6 Å². The Bertz CT molecular complexity index is 320. The standard InChI is InChI=1S/C17H28O3/c1-20-17(19)15-13-11-9-7-5-3-2-4-6-8-10-12-14-16(15)18/h2,4,15H,3,5-14H2,1H3/b4-2-. The van der Waals surface area contributed by atoms with Gasteiger partial charge < -0.3 is 4.74 Å². The summed E-state index contributed by atoms with van der Waals surface area (Å²) in [7, 11) is 1.37. The van der Waals surface area contributed by atoms with E-state index in [-0.39, 0.29) is 11.8 Å². The number of esters is 1. The summed E-state index contributed by atoms with van der Waals surface area (Å²) in [6, 6.07) is 0. The van der Waals surface area contributed by atoms with E-state index in [0.717, 1.165) is 44.9 Å². The molecule has 1 aliphatic carbocycles. The van der Waals surface area contributed by atoms with Gasteiger partial charge in [-0.25, -0.2) is 0 Å². The molecule has 0 radical (unpaired) electrons. The Labute approximate surface area is 122 Å². The second-order valence-electron chi connectivity index (χ2n) is 5.60. The van der Waals surface area contributed by atoms with Crippen LogP contribution in [0.2, 0.25) is 0 Å². The lowest BCUT2D eigenvalue weighted by molar-refractivity contribution is -0.149. The lowest BCUT2D eigenvalue weighted by Gasteiger charge is -2.13. The second-order valence-corrected chi connectivity index (χ2v) is 5.60. The summed E-state index contributed by atoms with van der Waals surface area (Å²) in [6.07, 6.45) is 15.5. The summed E-state index contributed by atoms with van der Waals surface area (Å²) < 4.78 is 4.78. The van der Waals surface area contributed by atoms with E-state index in [1.54, 1.807) is 0 Å². The predicted octanol–water partition coefficient (Wildman–Crippen LogP) is 4.21. The van der Waals surface area contributed by atoms with Crippen molar-refractivity contribution < 1.29 is 14.3 Å². The molecule has 1 unspecified atom stereocenters. The summed E-state index contributed by atoms with van der Waals surface area (Å²) >= 11 is 0. The first-order valence-corrected chi connectivity index (χ1v) is 8.01. The number of allylic oxidation sites excluding steroid dienone is 2. The lowest BCUT2D eigenvalue weighted by Crippen LogP contribution is -2.25. The number of methoxy groups -OCH3 is 1. The lowest BCUT2D eigenvalue weighted by atomic mass is 9.93. The van der Waals surface area contributed by atoms with Crippen LogP contribution in [0.5, 0.6) is 0 Å². The molecular weight excluding hydrogens is 252 g/mol. The van der Waals surface area contributed by atoms with Gasteiger partial charge in [-0.2, -0.15) is 0 Å². The second kappa shape index (κ2) is 10.6. The molecule has 20 heavy (non-hydrogen) atoms. The van der Waals surface area contributed by atoms with Gasteiger partial charge in [0, 0.05) is 6.42 Å². The third-order valence-corrected chi connectivity index (χ3v) is 3.95. The van der Waals surface area contributed by atoms with Gasteiger partial charge in [0.05, 0.1) is 7.11 Å². The normalized spacial score (nSPS) is 25.2. The molecule has 3 nitrogen and oxygen atoms in total. The van der Waals surface area contributed by atoms with Crippen LogP contribution in [0, 0.1) is 5.92 Å². The molecule has 0 saturated heterocycles. The minimum absolute atomic E-state index is 0.0715. The molecule has 1 aliphatic rings. The Morgan fingerprint density at radius 2 is 1.60 bits per heavy atom.